The molecule has 154 valence electrons. The molecule has 1 aliphatic rings. The minimum atomic E-state index is -0.960. The number of hydrogen-bond acceptors (Lipinski definition) is 4. The predicted molar refractivity (Wildman–Crippen MR) is 123 cm³/mol. The maximum absolute atomic E-state index is 13.0. The number of fused-ring (bicyclic) bond motifs is 1. The lowest BCUT2D eigenvalue weighted by Crippen LogP contribution is -2.30. The fourth-order valence-electron chi connectivity index (χ4n) is 4.25. The molecule has 0 atom stereocenters. The molecule has 0 saturated carbocycles. The molecule has 0 spiro atoms. The number of benzene rings is 3. The average Bonchev–Trinajstić information content (AvgIpc) is 3.04. The van der Waals surface area contributed by atoms with Gasteiger partial charge in [0.1, 0.15) is 0 Å². The molecule has 3 aromatic carbocycles. The zero-order chi connectivity index (χ0) is 21.6. The fraction of sp³-hybridized carbons (Fsp3) is 0.269. The predicted octanol–water partition coefficient (Wildman–Crippen LogP) is 4.90. The Balaban J connectivity index is 2.01. The SMILES string of the molecule is Cc1ccc2c(c1C)C(c1ccc(N(C)C)cc1)(c1ccc(N(C)C)cc1)OC2=O. The molecule has 0 N–H and O–H groups in total. The summed E-state index contributed by atoms with van der Waals surface area (Å²) in [5.74, 6) is -0.276. The minimum Gasteiger partial charge on any atom is -0.441 e. The Morgan fingerprint density at radius 1 is 0.700 bits per heavy atom. The molecule has 0 fully saturated rings. The number of anilines is 2. The van der Waals surface area contributed by atoms with Gasteiger partial charge in [-0.15, -0.1) is 0 Å². The summed E-state index contributed by atoms with van der Waals surface area (Å²) < 4.78 is 6.26. The number of nitrogens with zero attached hydrogens (tertiary/aromatic N) is 2. The molecule has 1 aliphatic heterocycles. The Hall–Kier alpha value is -3.27. The monoisotopic (exact) mass is 400 g/mol. The Morgan fingerprint density at radius 3 is 1.60 bits per heavy atom. The topological polar surface area (TPSA) is 32.8 Å². The van der Waals surface area contributed by atoms with Crippen LogP contribution >= 0.6 is 0 Å². The quantitative estimate of drug-likeness (QED) is 0.584. The summed E-state index contributed by atoms with van der Waals surface area (Å²) in [5.41, 5.74) is 6.97. The second kappa shape index (κ2) is 7.21. The van der Waals surface area contributed by atoms with Crippen LogP contribution in [0.15, 0.2) is 60.7 Å². The van der Waals surface area contributed by atoms with Crippen molar-refractivity contribution in [2.24, 2.45) is 0 Å². The van der Waals surface area contributed by atoms with Gasteiger partial charge in [-0.3, -0.25) is 0 Å². The summed E-state index contributed by atoms with van der Waals surface area (Å²) in [6, 6.07) is 20.5. The molecule has 0 aromatic heterocycles. The number of carbonyl (C=O) groups is 1. The zero-order valence-corrected chi connectivity index (χ0v) is 18.5. The third-order valence-electron chi connectivity index (χ3n) is 6.13. The normalized spacial score (nSPS) is 14.3. The summed E-state index contributed by atoms with van der Waals surface area (Å²) in [6.07, 6.45) is 0. The van der Waals surface area contributed by atoms with Crippen molar-refractivity contribution in [3.63, 3.8) is 0 Å². The van der Waals surface area contributed by atoms with Crippen LogP contribution in [0.25, 0.3) is 0 Å². The van der Waals surface area contributed by atoms with E-state index < -0.39 is 5.60 Å². The van der Waals surface area contributed by atoms with Crippen molar-refractivity contribution < 1.29 is 9.53 Å². The molecule has 4 nitrogen and oxygen atoms in total. The lowest BCUT2D eigenvalue weighted by Gasteiger charge is -2.32. The molecule has 4 rings (SSSR count). The molecule has 1 heterocycles. The van der Waals surface area contributed by atoms with E-state index in [9.17, 15) is 4.79 Å². The molecular weight excluding hydrogens is 372 g/mol. The summed E-state index contributed by atoms with van der Waals surface area (Å²) in [5, 5.41) is 0. The van der Waals surface area contributed by atoms with Crippen molar-refractivity contribution in [3.05, 3.63) is 94.0 Å². The minimum absolute atomic E-state index is 0.276. The number of ether oxygens (including phenoxy) is 1. The van der Waals surface area contributed by atoms with Gasteiger partial charge in [0, 0.05) is 56.3 Å². The van der Waals surface area contributed by atoms with Crippen molar-refractivity contribution in [3.8, 4) is 0 Å². The van der Waals surface area contributed by atoms with Gasteiger partial charge < -0.3 is 14.5 Å². The number of cyclic esters (lactones) is 1. The number of esters is 1. The summed E-state index contributed by atoms with van der Waals surface area (Å²) in [4.78, 5) is 17.1. The van der Waals surface area contributed by atoms with Gasteiger partial charge in [0.05, 0.1) is 5.56 Å². The van der Waals surface area contributed by atoms with Gasteiger partial charge in [0.2, 0.25) is 0 Å². The van der Waals surface area contributed by atoms with Gasteiger partial charge in [-0.2, -0.15) is 0 Å². The lowest BCUT2D eigenvalue weighted by molar-refractivity contribution is 0.0250. The molecule has 0 radical (unpaired) electrons. The Bertz CT molecular complexity index is 1050. The van der Waals surface area contributed by atoms with Crippen LogP contribution < -0.4 is 9.80 Å². The van der Waals surface area contributed by atoms with Crippen LogP contribution in [0.5, 0.6) is 0 Å². The second-order valence-corrected chi connectivity index (χ2v) is 8.38. The Morgan fingerprint density at radius 2 is 1.17 bits per heavy atom. The van der Waals surface area contributed by atoms with Crippen LogP contribution in [0.3, 0.4) is 0 Å². The van der Waals surface area contributed by atoms with E-state index in [1.54, 1.807) is 0 Å². The third-order valence-corrected chi connectivity index (χ3v) is 6.13. The van der Waals surface area contributed by atoms with Crippen molar-refractivity contribution in [2.45, 2.75) is 19.4 Å². The van der Waals surface area contributed by atoms with Gasteiger partial charge in [-0.1, -0.05) is 30.3 Å². The highest BCUT2D eigenvalue weighted by Crippen LogP contribution is 2.49. The Labute approximate surface area is 178 Å². The molecule has 30 heavy (non-hydrogen) atoms. The van der Waals surface area contributed by atoms with Crippen LogP contribution in [0.2, 0.25) is 0 Å². The molecule has 3 aromatic rings. The fourth-order valence-corrected chi connectivity index (χ4v) is 4.25. The lowest BCUT2D eigenvalue weighted by atomic mass is 9.77. The average molecular weight is 401 g/mol. The van der Waals surface area contributed by atoms with E-state index in [-0.39, 0.29) is 5.97 Å². The summed E-state index contributed by atoms with van der Waals surface area (Å²) in [6.45, 7) is 4.15. The second-order valence-electron chi connectivity index (χ2n) is 8.38. The zero-order valence-electron chi connectivity index (χ0n) is 18.5. The van der Waals surface area contributed by atoms with Gasteiger partial charge in [-0.25, -0.2) is 4.79 Å². The molecule has 0 bridgehead atoms. The van der Waals surface area contributed by atoms with Crippen LogP contribution in [0.1, 0.15) is 38.2 Å². The smallest absolute Gasteiger partial charge is 0.340 e. The Kier molecular flexibility index (Phi) is 4.81. The first-order chi connectivity index (χ1) is 14.3. The van der Waals surface area contributed by atoms with Gasteiger partial charge in [0.15, 0.2) is 5.60 Å². The van der Waals surface area contributed by atoms with Crippen molar-refractivity contribution in [2.75, 3.05) is 38.0 Å². The van der Waals surface area contributed by atoms with Crippen molar-refractivity contribution in [1.29, 1.82) is 0 Å². The van der Waals surface area contributed by atoms with E-state index in [2.05, 4.69) is 72.2 Å². The summed E-state index contributed by atoms with van der Waals surface area (Å²) in [7, 11) is 8.07. The largest absolute Gasteiger partial charge is 0.441 e. The van der Waals surface area contributed by atoms with E-state index >= 15 is 0 Å². The first-order valence-corrected chi connectivity index (χ1v) is 10.2. The molecule has 0 saturated heterocycles. The number of aryl methyl sites for hydroxylation is 1. The molecule has 0 aliphatic carbocycles. The number of carbonyl (C=O) groups excluding carboxylic acids is 1. The first kappa shape index (κ1) is 20.0. The van der Waals surface area contributed by atoms with Gasteiger partial charge in [-0.05, 0) is 55.3 Å². The number of hydrogen-bond donors (Lipinski definition) is 0. The van der Waals surface area contributed by atoms with E-state index in [1.165, 1.54) is 0 Å². The highest BCUT2D eigenvalue weighted by atomic mass is 16.6. The van der Waals surface area contributed by atoms with E-state index in [0.717, 1.165) is 39.2 Å². The van der Waals surface area contributed by atoms with E-state index in [1.807, 2.05) is 40.3 Å². The maximum atomic E-state index is 13.0. The molecule has 4 heteroatoms. The van der Waals surface area contributed by atoms with Crippen LogP contribution in [0, 0.1) is 13.8 Å². The first-order valence-electron chi connectivity index (χ1n) is 10.2. The number of rotatable bonds is 4. The van der Waals surface area contributed by atoms with E-state index in [4.69, 9.17) is 4.74 Å². The van der Waals surface area contributed by atoms with Crippen LogP contribution in [-0.2, 0) is 10.3 Å². The van der Waals surface area contributed by atoms with Crippen molar-refractivity contribution >= 4 is 17.3 Å². The highest BCUT2D eigenvalue weighted by Gasteiger charge is 2.49. The third kappa shape index (κ3) is 2.95. The van der Waals surface area contributed by atoms with Crippen LogP contribution in [-0.4, -0.2) is 34.2 Å². The molecular formula is C26H28N2O2. The van der Waals surface area contributed by atoms with Crippen molar-refractivity contribution in [1.82, 2.24) is 0 Å². The molecule has 0 unspecified atom stereocenters. The van der Waals surface area contributed by atoms with Gasteiger partial charge in [0.25, 0.3) is 0 Å². The highest BCUT2D eigenvalue weighted by molar-refractivity contribution is 5.97. The van der Waals surface area contributed by atoms with Gasteiger partial charge >= 0.3 is 5.97 Å². The van der Waals surface area contributed by atoms with E-state index in [0.29, 0.717) is 5.56 Å². The standard InChI is InChI=1S/C26H28N2O2/c1-17-7-16-23-24(18(17)2)26(30-25(23)29,19-8-12-21(13-9-19)27(3)4)20-10-14-22(15-11-20)28(5)6/h7-16H,1-6H3. The summed E-state index contributed by atoms with van der Waals surface area (Å²) >= 11 is 0. The molecule has 0 amide bonds. The maximum Gasteiger partial charge on any atom is 0.340 e. The van der Waals surface area contributed by atoms with Crippen LogP contribution in [0.4, 0.5) is 11.4 Å².